The zero-order valence-corrected chi connectivity index (χ0v) is 10.7. The molecule has 1 atom stereocenters. The van der Waals surface area contributed by atoms with Gasteiger partial charge in [-0.15, -0.1) is 0 Å². The van der Waals surface area contributed by atoms with Crippen LogP contribution in [0.4, 0.5) is 5.82 Å². The number of hydrogen-bond acceptors (Lipinski definition) is 5. The molecule has 0 bridgehead atoms. The normalized spacial score (nSPS) is 20.0. The minimum atomic E-state index is -1.05. The maximum atomic E-state index is 10.8. The smallest absolute Gasteiger partial charge is 0.356 e. The van der Waals surface area contributed by atoms with Crippen LogP contribution in [0.25, 0.3) is 0 Å². The summed E-state index contributed by atoms with van der Waals surface area (Å²) in [5.74, 6) is -0.439. The third-order valence-corrected chi connectivity index (χ3v) is 3.39. The molecule has 1 N–H and O–H groups in total. The Labute approximate surface area is 106 Å². The second kappa shape index (κ2) is 5.30. The summed E-state index contributed by atoms with van der Waals surface area (Å²) >= 11 is 0. The van der Waals surface area contributed by atoms with Gasteiger partial charge in [0.1, 0.15) is 5.82 Å². The van der Waals surface area contributed by atoms with Gasteiger partial charge in [0.2, 0.25) is 0 Å². The molecule has 0 spiro atoms. The first kappa shape index (κ1) is 12.8. The van der Waals surface area contributed by atoms with Gasteiger partial charge >= 0.3 is 5.97 Å². The number of carboxylic acids is 1. The van der Waals surface area contributed by atoms with Crippen LogP contribution >= 0.6 is 0 Å². The number of carboxylic acid groups (broad SMARTS) is 1. The van der Waals surface area contributed by atoms with E-state index in [0.717, 1.165) is 13.1 Å². The molecule has 0 amide bonds. The van der Waals surface area contributed by atoms with Crippen LogP contribution in [0.3, 0.4) is 0 Å². The van der Waals surface area contributed by atoms with Gasteiger partial charge in [0.05, 0.1) is 12.4 Å². The van der Waals surface area contributed by atoms with E-state index in [1.54, 1.807) is 6.20 Å². The number of anilines is 1. The topological polar surface area (TPSA) is 69.6 Å². The lowest BCUT2D eigenvalue weighted by Gasteiger charge is -2.26. The number of rotatable bonds is 4. The van der Waals surface area contributed by atoms with Crippen LogP contribution in [0.15, 0.2) is 12.4 Å². The molecule has 1 saturated heterocycles. The minimum absolute atomic E-state index is 0.0147. The highest BCUT2D eigenvalue weighted by atomic mass is 16.4. The van der Waals surface area contributed by atoms with Gasteiger partial charge in [-0.25, -0.2) is 9.78 Å². The third kappa shape index (κ3) is 2.76. The van der Waals surface area contributed by atoms with E-state index in [1.807, 2.05) is 11.9 Å². The number of likely N-dealkylation sites (N-methyl/N-ethyl adjacent to an activating group) is 2. The molecule has 18 heavy (non-hydrogen) atoms. The standard InChI is InChI=1S/C12H18N4O2/c1-15-5-3-4-9(15)8-16(2)11-7-13-6-10(14-11)12(17)18/h6-7,9H,3-5,8H2,1-2H3,(H,17,18). The Bertz CT molecular complexity index is 438. The van der Waals surface area contributed by atoms with Gasteiger partial charge in [0.15, 0.2) is 5.69 Å². The third-order valence-electron chi connectivity index (χ3n) is 3.39. The zero-order valence-electron chi connectivity index (χ0n) is 10.7. The summed E-state index contributed by atoms with van der Waals surface area (Å²) in [4.78, 5) is 23.1. The van der Waals surface area contributed by atoms with Crippen molar-refractivity contribution < 1.29 is 9.90 Å². The van der Waals surface area contributed by atoms with E-state index < -0.39 is 5.97 Å². The summed E-state index contributed by atoms with van der Waals surface area (Å²) in [6.07, 6.45) is 5.26. The van der Waals surface area contributed by atoms with Gasteiger partial charge in [-0.05, 0) is 26.4 Å². The summed E-state index contributed by atoms with van der Waals surface area (Å²) in [6, 6.07) is 0.505. The van der Waals surface area contributed by atoms with Crippen LogP contribution in [0.1, 0.15) is 23.3 Å². The number of likely N-dealkylation sites (tertiary alicyclic amines) is 1. The zero-order chi connectivity index (χ0) is 13.1. The molecule has 0 aliphatic carbocycles. The van der Waals surface area contributed by atoms with Crippen LogP contribution in [-0.2, 0) is 0 Å². The van der Waals surface area contributed by atoms with Crippen LogP contribution in [0, 0.1) is 0 Å². The molecule has 98 valence electrons. The molecule has 1 unspecified atom stereocenters. The molecule has 0 saturated carbocycles. The SMILES string of the molecule is CN(CC1CCCN1C)c1cncc(C(=O)O)n1. The van der Waals surface area contributed by atoms with E-state index in [0.29, 0.717) is 11.9 Å². The monoisotopic (exact) mass is 250 g/mol. The first-order valence-electron chi connectivity index (χ1n) is 6.04. The van der Waals surface area contributed by atoms with Gasteiger partial charge in [-0.1, -0.05) is 0 Å². The van der Waals surface area contributed by atoms with Crippen molar-refractivity contribution in [2.75, 3.05) is 32.1 Å². The van der Waals surface area contributed by atoms with E-state index in [9.17, 15) is 4.79 Å². The molecular formula is C12H18N4O2. The lowest BCUT2D eigenvalue weighted by atomic mass is 10.2. The van der Waals surface area contributed by atoms with Crippen LogP contribution < -0.4 is 4.90 Å². The minimum Gasteiger partial charge on any atom is -0.476 e. The first-order valence-corrected chi connectivity index (χ1v) is 6.04. The van der Waals surface area contributed by atoms with Crippen LogP contribution in [0.2, 0.25) is 0 Å². The van der Waals surface area contributed by atoms with Gasteiger partial charge < -0.3 is 14.9 Å². The Morgan fingerprint density at radius 2 is 2.39 bits per heavy atom. The van der Waals surface area contributed by atoms with Crippen LogP contribution in [0.5, 0.6) is 0 Å². The Balaban J connectivity index is 2.06. The van der Waals surface area contributed by atoms with Gasteiger partial charge in [0, 0.05) is 19.6 Å². The molecule has 1 aliphatic heterocycles. The van der Waals surface area contributed by atoms with E-state index in [-0.39, 0.29) is 5.69 Å². The van der Waals surface area contributed by atoms with Crippen molar-refractivity contribution >= 4 is 11.8 Å². The molecule has 2 rings (SSSR count). The van der Waals surface area contributed by atoms with Gasteiger partial charge in [0.25, 0.3) is 0 Å². The Hall–Kier alpha value is -1.69. The van der Waals surface area contributed by atoms with Gasteiger partial charge in [-0.2, -0.15) is 0 Å². The number of aromatic nitrogens is 2. The van der Waals surface area contributed by atoms with Crippen molar-refractivity contribution in [1.29, 1.82) is 0 Å². The number of nitrogens with zero attached hydrogens (tertiary/aromatic N) is 4. The second-order valence-corrected chi connectivity index (χ2v) is 4.72. The molecular weight excluding hydrogens is 232 g/mol. The van der Waals surface area contributed by atoms with E-state index >= 15 is 0 Å². The van der Waals surface area contributed by atoms with Crippen LogP contribution in [-0.4, -0.2) is 59.2 Å². The summed E-state index contributed by atoms with van der Waals surface area (Å²) < 4.78 is 0. The van der Waals surface area contributed by atoms with Crippen molar-refractivity contribution in [3.05, 3.63) is 18.1 Å². The molecule has 6 heteroatoms. The summed E-state index contributed by atoms with van der Waals surface area (Å²) in [7, 11) is 4.03. The molecule has 2 heterocycles. The maximum Gasteiger partial charge on any atom is 0.356 e. The average molecular weight is 250 g/mol. The van der Waals surface area contributed by atoms with E-state index in [4.69, 9.17) is 5.11 Å². The van der Waals surface area contributed by atoms with Crippen molar-refractivity contribution in [3.8, 4) is 0 Å². The van der Waals surface area contributed by atoms with Crippen molar-refractivity contribution in [1.82, 2.24) is 14.9 Å². The highest BCUT2D eigenvalue weighted by Gasteiger charge is 2.22. The fourth-order valence-electron chi connectivity index (χ4n) is 2.26. The number of hydrogen-bond donors (Lipinski definition) is 1. The molecule has 0 radical (unpaired) electrons. The van der Waals surface area contributed by atoms with Crippen molar-refractivity contribution in [3.63, 3.8) is 0 Å². The highest BCUT2D eigenvalue weighted by molar-refractivity contribution is 5.85. The lowest BCUT2D eigenvalue weighted by molar-refractivity contribution is 0.0690. The second-order valence-electron chi connectivity index (χ2n) is 4.72. The number of carbonyl (C=O) groups is 1. The van der Waals surface area contributed by atoms with Gasteiger partial charge in [-0.3, -0.25) is 4.98 Å². The molecule has 6 nitrogen and oxygen atoms in total. The van der Waals surface area contributed by atoms with Crippen molar-refractivity contribution in [2.24, 2.45) is 0 Å². The lowest BCUT2D eigenvalue weighted by Crippen LogP contribution is -2.37. The quantitative estimate of drug-likeness (QED) is 0.848. The van der Waals surface area contributed by atoms with E-state index in [1.165, 1.54) is 19.0 Å². The Morgan fingerprint density at radius 1 is 1.61 bits per heavy atom. The maximum absolute atomic E-state index is 10.8. The highest BCUT2D eigenvalue weighted by Crippen LogP contribution is 2.17. The summed E-state index contributed by atoms with van der Waals surface area (Å²) in [5, 5.41) is 8.89. The molecule has 1 fully saturated rings. The summed E-state index contributed by atoms with van der Waals surface area (Å²) in [5.41, 5.74) is -0.0147. The molecule has 0 aromatic carbocycles. The fourth-order valence-corrected chi connectivity index (χ4v) is 2.26. The predicted molar refractivity (Wildman–Crippen MR) is 67.9 cm³/mol. The predicted octanol–water partition coefficient (Wildman–Crippen LogP) is 0.705. The Morgan fingerprint density at radius 3 is 3.00 bits per heavy atom. The first-order chi connectivity index (χ1) is 8.58. The fraction of sp³-hybridized carbons (Fsp3) is 0.583. The molecule has 1 aromatic rings. The van der Waals surface area contributed by atoms with E-state index in [2.05, 4.69) is 21.9 Å². The average Bonchev–Trinajstić information content (AvgIpc) is 2.75. The largest absolute Gasteiger partial charge is 0.476 e. The number of aromatic carboxylic acids is 1. The molecule has 1 aliphatic rings. The Kier molecular flexibility index (Phi) is 3.76. The van der Waals surface area contributed by atoms with Crippen molar-refractivity contribution in [2.45, 2.75) is 18.9 Å². The molecule has 1 aromatic heterocycles. The summed E-state index contributed by atoms with van der Waals surface area (Å²) in [6.45, 7) is 1.97.